The van der Waals surface area contributed by atoms with Gasteiger partial charge in [0.2, 0.25) is 0 Å². The summed E-state index contributed by atoms with van der Waals surface area (Å²) in [6, 6.07) is 2.65. The Morgan fingerprint density at radius 2 is 0.900 bits per heavy atom. The highest BCUT2D eigenvalue weighted by molar-refractivity contribution is 6.76. The SMILES string of the molecule is C/C=C\C[Si](C)(C)C.C=CC=C.CC=CC[Si](C)(C)C. The minimum Gasteiger partial charge on any atom is -0.0991 e. The third-order valence-electron chi connectivity index (χ3n) is 2.10. The summed E-state index contributed by atoms with van der Waals surface area (Å²) in [5, 5.41) is 0. The summed E-state index contributed by atoms with van der Waals surface area (Å²) in [7, 11) is -1.53. The highest BCUT2D eigenvalue weighted by atomic mass is 28.3. The van der Waals surface area contributed by atoms with Crippen molar-refractivity contribution in [2.45, 2.75) is 65.2 Å². The molecule has 0 rings (SSSR count). The van der Waals surface area contributed by atoms with Gasteiger partial charge in [-0.1, -0.05) is 88.9 Å². The predicted octanol–water partition coefficient (Wildman–Crippen LogP) is 7.16. The first kappa shape index (κ1) is 24.4. The first-order valence-corrected chi connectivity index (χ1v) is 14.9. The predicted molar refractivity (Wildman–Crippen MR) is 106 cm³/mol. The molecule has 118 valence electrons. The second-order valence-electron chi connectivity index (χ2n) is 7.14. The van der Waals surface area contributed by atoms with Gasteiger partial charge in [0.05, 0.1) is 0 Å². The Morgan fingerprint density at radius 1 is 0.650 bits per heavy atom. The van der Waals surface area contributed by atoms with E-state index in [0.717, 1.165) is 0 Å². The molecule has 0 saturated carbocycles. The van der Waals surface area contributed by atoms with Crippen LogP contribution in [-0.2, 0) is 0 Å². The number of hydrogen-bond acceptors (Lipinski definition) is 0. The molecule has 0 aromatic carbocycles. The first-order valence-electron chi connectivity index (χ1n) is 7.49. The molecular formula is C18H38Si2. The van der Waals surface area contributed by atoms with Crippen LogP contribution in [0.3, 0.4) is 0 Å². The highest BCUT2D eigenvalue weighted by Gasteiger charge is 2.09. The van der Waals surface area contributed by atoms with Gasteiger partial charge in [-0.05, 0) is 25.9 Å². The standard InChI is InChI=1S/2C7H16Si.C4H6/c2*1-5-6-7-8(2,3)4;1-3-4-2/h2*5-6H,7H2,1-4H3;3-4H,1-2H2/b6-5-;;. The van der Waals surface area contributed by atoms with Crippen LogP contribution < -0.4 is 0 Å². The van der Waals surface area contributed by atoms with Gasteiger partial charge in [-0.25, -0.2) is 0 Å². The molecule has 2 heteroatoms. The molecule has 0 aliphatic carbocycles. The molecule has 0 radical (unpaired) electrons. The topological polar surface area (TPSA) is 0 Å². The molecule has 0 N–H and O–H groups in total. The maximum atomic E-state index is 3.36. The average Bonchev–Trinajstić information content (AvgIpc) is 2.33. The fourth-order valence-corrected chi connectivity index (χ4v) is 2.83. The summed E-state index contributed by atoms with van der Waals surface area (Å²) in [4.78, 5) is 0. The molecule has 0 aliphatic rings. The second kappa shape index (κ2) is 14.8. The van der Waals surface area contributed by atoms with Crippen molar-refractivity contribution in [2.24, 2.45) is 0 Å². The highest BCUT2D eigenvalue weighted by Crippen LogP contribution is 2.08. The fourth-order valence-electron chi connectivity index (χ4n) is 0.943. The van der Waals surface area contributed by atoms with Gasteiger partial charge in [-0.2, -0.15) is 0 Å². The van der Waals surface area contributed by atoms with Gasteiger partial charge in [0.15, 0.2) is 0 Å². The van der Waals surface area contributed by atoms with E-state index in [1.54, 1.807) is 12.2 Å². The van der Waals surface area contributed by atoms with Crippen LogP contribution in [0.15, 0.2) is 49.6 Å². The zero-order valence-corrected chi connectivity index (χ0v) is 17.3. The average molecular weight is 311 g/mol. The molecule has 0 nitrogen and oxygen atoms in total. The third kappa shape index (κ3) is 43.3. The van der Waals surface area contributed by atoms with Crippen LogP contribution in [0.2, 0.25) is 51.4 Å². The molecular weight excluding hydrogens is 272 g/mol. The molecule has 0 aliphatic heterocycles. The summed E-state index contributed by atoms with van der Waals surface area (Å²) in [5.41, 5.74) is 0. The lowest BCUT2D eigenvalue weighted by Crippen LogP contribution is -2.17. The summed E-state index contributed by atoms with van der Waals surface area (Å²) in [6.45, 7) is 25.2. The van der Waals surface area contributed by atoms with E-state index in [9.17, 15) is 0 Å². The Balaban J connectivity index is -0.000000230. The molecule has 0 atom stereocenters. The maximum absolute atomic E-state index is 3.36. The Hall–Kier alpha value is -0.606. The molecule has 0 unspecified atom stereocenters. The molecule has 0 fully saturated rings. The van der Waals surface area contributed by atoms with Crippen molar-refractivity contribution in [3.05, 3.63) is 49.6 Å². The van der Waals surface area contributed by atoms with E-state index >= 15 is 0 Å². The van der Waals surface area contributed by atoms with Crippen LogP contribution in [-0.4, -0.2) is 16.1 Å². The van der Waals surface area contributed by atoms with Crippen molar-refractivity contribution in [3.63, 3.8) is 0 Å². The molecule has 0 aromatic rings. The second-order valence-corrected chi connectivity index (χ2v) is 18.2. The van der Waals surface area contributed by atoms with Crippen LogP contribution in [0.4, 0.5) is 0 Å². The van der Waals surface area contributed by atoms with Gasteiger partial charge in [0, 0.05) is 16.1 Å². The van der Waals surface area contributed by atoms with Gasteiger partial charge in [-0.3, -0.25) is 0 Å². The van der Waals surface area contributed by atoms with Crippen molar-refractivity contribution in [3.8, 4) is 0 Å². The van der Waals surface area contributed by atoms with Crippen LogP contribution >= 0.6 is 0 Å². The van der Waals surface area contributed by atoms with Crippen molar-refractivity contribution in [1.29, 1.82) is 0 Å². The van der Waals surface area contributed by atoms with Gasteiger partial charge in [-0.15, -0.1) is 0 Å². The Bertz CT molecular complexity index is 243. The van der Waals surface area contributed by atoms with Gasteiger partial charge in [0.1, 0.15) is 0 Å². The monoisotopic (exact) mass is 310 g/mol. The van der Waals surface area contributed by atoms with Crippen molar-refractivity contribution >= 4 is 16.1 Å². The minimum absolute atomic E-state index is 0.765. The number of allylic oxidation sites excluding steroid dienone is 6. The molecule has 0 aromatic heterocycles. The van der Waals surface area contributed by atoms with Crippen LogP contribution in [0.1, 0.15) is 13.8 Å². The van der Waals surface area contributed by atoms with Gasteiger partial charge in [0.25, 0.3) is 0 Å². The Labute approximate surface area is 131 Å². The number of hydrogen-bond donors (Lipinski definition) is 0. The van der Waals surface area contributed by atoms with E-state index < -0.39 is 16.1 Å². The minimum atomic E-state index is -0.765. The van der Waals surface area contributed by atoms with E-state index in [-0.39, 0.29) is 0 Å². The summed E-state index contributed by atoms with van der Waals surface area (Å²) >= 11 is 0. The Kier molecular flexibility index (Phi) is 18.1. The summed E-state index contributed by atoms with van der Waals surface area (Å²) in [6.07, 6.45) is 12.1. The van der Waals surface area contributed by atoms with Gasteiger partial charge >= 0.3 is 0 Å². The molecule has 0 saturated heterocycles. The normalized spacial score (nSPS) is 11.4. The lowest BCUT2D eigenvalue weighted by molar-refractivity contribution is 1.49. The van der Waals surface area contributed by atoms with E-state index in [0.29, 0.717) is 0 Å². The Morgan fingerprint density at radius 3 is 0.950 bits per heavy atom. The summed E-state index contributed by atoms with van der Waals surface area (Å²) in [5.74, 6) is 0. The fraction of sp³-hybridized carbons (Fsp3) is 0.556. The van der Waals surface area contributed by atoms with E-state index in [1.165, 1.54) is 12.1 Å². The molecule has 20 heavy (non-hydrogen) atoms. The molecule has 0 bridgehead atoms. The molecule has 0 amide bonds. The molecule has 0 heterocycles. The van der Waals surface area contributed by atoms with Crippen LogP contribution in [0.25, 0.3) is 0 Å². The van der Waals surface area contributed by atoms with Crippen molar-refractivity contribution in [2.75, 3.05) is 0 Å². The van der Waals surface area contributed by atoms with E-state index in [2.05, 4.69) is 90.6 Å². The summed E-state index contributed by atoms with van der Waals surface area (Å²) < 4.78 is 0. The first-order chi connectivity index (χ1) is 9.04. The zero-order valence-electron chi connectivity index (χ0n) is 15.3. The quantitative estimate of drug-likeness (QED) is 0.287. The van der Waals surface area contributed by atoms with E-state index in [1.807, 2.05) is 0 Å². The lowest BCUT2D eigenvalue weighted by atomic mass is 10.6. The van der Waals surface area contributed by atoms with Crippen LogP contribution in [0, 0.1) is 0 Å². The largest absolute Gasteiger partial charge is 0.0991 e. The van der Waals surface area contributed by atoms with Gasteiger partial charge < -0.3 is 0 Å². The van der Waals surface area contributed by atoms with Crippen LogP contribution in [0.5, 0.6) is 0 Å². The molecule has 0 spiro atoms. The zero-order chi connectivity index (χ0) is 16.7. The van der Waals surface area contributed by atoms with E-state index in [4.69, 9.17) is 0 Å². The van der Waals surface area contributed by atoms with Crippen molar-refractivity contribution in [1.82, 2.24) is 0 Å². The third-order valence-corrected chi connectivity index (χ3v) is 5.02. The lowest BCUT2D eigenvalue weighted by Gasteiger charge is -2.10. The number of rotatable bonds is 5. The smallest absolute Gasteiger partial charge is 0.0480 e. The maximum Gasteiger partial charge on any atom is 0.0480 e. The van der Waals surface area contributed by atoms with Crippen molar-refractivity contribution < 1.29 is 0 Å².